The molecule has 1 aromatic rings. The highest BCUT2D eigenvalue weighted by Gasteiger charge is 2.21. The topological polar surface area (TPSA) is 52.6 Å². The molecule has 0 saturated carbocycles. The molecule has 0 aromatic carbocycles. The Morgan fingerprint density at radius 2 is 2.00 bits per heavy atom. The molecule has 1 heterocycles. The normalized spacial score (nSPS) is 10.8. The van der Waals surface area contributed by atoms with Crippen molar-refractivity contribution >= 4 is 34.5 Å². The van der Waals surface area contributed by atoms with Crippen LogP contribution in [0.4, 0.5) is 0 Å². The van der Waals surface area contributed by atoms with E-state index in [9.17, 15) is 9.59 Å². The SMILES string of the molecule is COC(OC)C(=O)CC(=O)c1ccc(Cl)s1. The molecule has 0 aliphatic carbocycles. The predicted molar refractivity (Wildman–Crippen MR) is 61.1 cm³/mol. The zero-order chi connectivity index (χ0) is 12.1. The molecule has 0 bridgehead atoms. The van der Waals surface area contributed by atoms with Crippen LogP contribution in [0.2, 0.25) is 4.34 Å². The van der Waals surface area contributed by atoms with E-state index in [1.165, 1.54) is 14.2 Å². The van der Waals surface area contributed by atoms with Crippen LogP contribution in [-0.2, 0) is 14.3 Å². The number of carbonyl (C=O) groups is 2. The number of methoxy groups -OCH3 is 2. The van der Waals surface area contributed by atoms with Crippen LogP contribution < -0.4 is 0 Å². The first kappa shape index (κ1) is 13.3. The summed E-state index contributed by atoms with van der Waals surface area (Å²) in [7, 11) is 2.69. The van der Waals surface area contributed by atoms with Crippen LogP contribution in [0.15, 0.2) is 12.1 Å². The number of ketones is 2. The molecule has 0 unspecified atom stereocenters. The van der Waals surface area contributed by atoms with Crippen LogP contribution in [0, 0.1) is 0 Å². The molecule has 0 aliphatic heterocycles. The summed E-state index contributed by atoms with van der Waals surface area (Å²) in [5.74, 6) is -0.680. The lowest BCUT2D eigenvalue weighted by Crippen LogP contribution is -2.26. The fourth-order valence-corrected chi connectivity index (χ4v) is 2.13. The number of hydrogen-bond donors (Lipinski definition) is 0. The van der Waals surface area contributed by atoms with E-state index in [4.69, 9.17) is 21.1 Å². The number of carbonyl (C=O) groups excluding carboxylic acids is 2. The van der Waals surface area contributed by atoms with Gasteiger partial charge in [-0.25, -0.2) is 0 Å². The second-order valence-corrected chi connectivity index (χ2v) is 4.69. The molecule has 88 valence electrons. The van der Waals surface area contributed by atoms with E-state index in [0.717, 1.165) is 11.3 Å². The molecule has 0 amide bonds. The number of rotatable bonds is 6. The smallest absolute Gasteiger partial charge is 0.217 e. The molecule has 0 aliphatic rings. The van der Waals surface area contributed by atoms with Gasteiger partial charge in [0.2, 0.25) is 6.29 Å². The van der Waals surface area contributed by atoms with Crippen molar-refractivity contribution < 1.29 is 19.1 Å². The Kier molecular flexibility index (Phi) is 5.08. The first-order valence-corrected chi connectivity index (χ1v) is 5.64. The zero-order valence-corrected chi connectivity index (χ0v) is 10.4. The van der Waals surface area contributed by atoms with E-state index >= 15 is 0 Å². The summed E-state index contributed by atoms with van der Waals surface area (Å²) in [5.41, 5.74) is 0. The highest BCUT2D eigenvalue weighted by atomic mass is 35.5. The van der Waals surface area contributed by atoms with Gasteiger partial charge >= 0.3 is 0 Å². The van der Waals surface area contributed by atoms with Gasteiger partial charge in [-0.15, -0.1) is 11.3 Å². The van der Waals surface area contributed by atoms with E-state index in [0.29, 0.717) is 9.21 Å². The molecule has 4 nitrogen and oxygen atoms in total. The Balaban J connectivity index is 2.61. The second kappa shape index (κ2) is 6.10. The third-order valence-corrected chi connectivity index (χ3v) is 3.15. The van der Waals surface area contributed by atoms with E-state index in [1.807, 2.05) is 0 Å². The van der Waals surface area contributed by atoms with E-state index in [2.05, 4.69) is 0 Å². The highest BCUT2D eigenvalue weighted by molar-refractivity contribution is 7.18. The number of thiophene rings is 1. The summed E-state index contributed by atoms with van der Waals surface area (Å²) in [6, 6.07) is 3.21. The van der Waals surface area contributed by atoms with Gasteiger partial charge in [-0.2, -0.15) is 0 Å². The maximum atomic E-state index is 11.6. The van der Waals surface area contributed by atoms with Gasteiger partial charge in [0.1, 0.15) is 0 Å². The van der Waals surface area contributed by atoms with Gasteiger partial charge in [-0.3, -0.25) is 9.59 Å². The lowest BCUT2D eigenvalue weighted by molar-refractivity contribution is -0.155. The average molecular weight is 263 g/mol. The minimum atomic E-state index is -0.987. The molecular formula is C10H11ClO4S. The van der Waals surface area contributed by atoms with Gasteiger partial charge in [0.15, 0.2) is 11.6 Å². The van der Waals surface area contributed by atoms with Gasteiger partial charge in [-0.05, 0) is 12.1 Å². The fourth-order valence-electron chi connectivity index (χ4n) is 1.15. The van der Waals surface area contributed by atoms with Crippen molar-refractivity contribution in [2.24, 2.45) is 0 Å². The molecule has 6 heteroatoms. The molecule has 1 aromatic heterocycles. The average Bonchev–Trinajstić information content (AvgIpc) is 2.66. The lowest BCUT2D eigenvalue weighted by atomic mass is 10.1. The molecule has 0 N–H and O–H groups in total. The summed E-state index contributed by atoms with van der Waals surface area (Å²) < 4.78 is 10.0. The largest absolute Gasteiger partial charge is 0.349 e. The Morgan fingerprint density at radius 1 is 1.38 bits per heavy atom. The lowest BCUT2D eigenvalue weighted by Gasteiger charge is -2.10. The van der Waals surface area contributed by atoms with Gasteiger partial charge in [-0.1, -0.05) is 11.6 Å². The van der Waals surface area contributed by atoms with Gasteiger partial charge < -0.3 is 9.47 Å². The summed E-state index contributed by atoms with van der Waals surface area (Å²) >= 11 is 6.84. The summed E-state index contributed by atoms with van der Waals surface area (Å²) in [6.45, 7) is 0. The first-order chi connectivity index (χ1) is 7.58. The minimum Gasteiger partial charge on any atom is -0.349 e. The van der Waals surface area contributed by atoms with Gasteiger partial charge in [0.25, 0.3) is 0 Å². The van der Waals surface area contributed by atoms with Gasteiger partial charge in [0.05, 0.1) is 15.6 Å². The standard InChI is InChI=1S/C10H11ClO4S/c1-14-10(15-2)7(13)5-6(12)8-3-4-9(11)16-8/h3-4,10H,5H2,1-2H3. The number of Topliss-reactive ketones (excluding diaryl/α,β-unsaturated/α-hetero) is 2. The van der Waals surface area contributed by atoms with Crippen LogP contribution >= 0.6 is 22.9 Å². The van der Waals surface area contributed by atoms with E-state index in [1.54, 1.807) is 12.1 Å². The third-order valence-electron chi connectivity index (χ3n) is 1.87. The summed E-state index contributed by atoms with van der Waals surface area (Å²) in [6.07, 6.45) is -1.23. The Morgan fingerprint density at radius 3 is 2.44 bits per heavy atom. The molecule has 0 atom stereocenters. The van der Waals surface area contributed by atoms with Crippen molar-refractivity contribution in [3.05, 3.63) is 21.3 Å². The highest BCUT2D eigenvalue weighted by Crippen LogP contribution is 2.22. The molecule has 0 spiro atoms. The first-order valence-electron chi connectivity index (χ1n) is 4.45. The van der Waals surface area contributed by atoms with Gasteiger partial charge in [0, 0.05) is 14.2 Å². The maximum Gasteiger partial charge on any atom is 0.217 e. The van der Waals surface area contributed by atoms with Crippen LogP contribution in [0.3, 0.4) is 0 Å². The molecular weight excluding hydrogens is 252 g/mol. The Bertz CT molecular complexity index is 384. The molecule has 1 rings (SSSR count). The van der Waals surface area contributed by atoms with Crippen LogP contribution in [-0.4, -0.2) is 32.1 Å². The van der Waals surface area contributed by atoms with Crippen molar-refractivity contribution in [2.45, 2.75) is 12.7 Å². The summed E-state index contributed by atoms with van der Waals surface area (Å²) in [4.78, 5) is 23.6. The zero-order valence-electron chi connectivity index (χ0n) is 8.86. The van der Waals surface area contributed by atoms with Crippen molar-refractivity contribution in [3.63, 3.8) is 0 Å². The Hall–Kier alpha value is -0.750. The van der Waals surface area contributed by atoms with E-state index in [-0.39, 0.29) is 12.2 Å². The number of hydrogen-bond acceptors (Lipinski definition) is 5. The second-order valence-electron chi connectivity index (χ2n) is 2.97. The van der Waals surface area contributed by atoms with Crippen molar-refractivity contribution in [2.75, 3.05) is 14.2 Å². The van der Waals surface area contributed by atoms with Crippen LogP contribution in [0.5, 0.6) is 0 Å². The summed E-state index contributed by atoms with van der Waals surface area (Å²) in [5, 5.41) is 0. The maximum absolute atomic E-state index is 11.6. The Labute approximate surface area is 102 Å². The van der Waals surface area contributed by atoms with E-state index < -0.39 is 12.1 Å². The number of halogens is 1. The molecule has 0 radical (unpaired) electrons. The molecule has 0 fully saturated rings. The molecule has 0 saturated heterocycles. The van der Waals surface area contributed by atoms with Crippen molar-refractivity contribution in [1.82, 2.24) is 0 Å². The molecule has 16 heavy (non-hydrogen) atoms. The minimum absolute atomic E-state index is 0.247. The van der Waals surface area contributed by atoms with Crippen LogP contribution in [0.25, 0.3) is 0 Å². The fraction of sp³-hybridized carbons (Fsp3) is 0.400. The monoisotopic (exact) mass is 262 g/mol. The third kappa shape index (κ3) is 3.38. The quantitative estimate of drug-likeness (QED) is 0.448. The van der Waals surface area contributed by atoms with Crippen LogP contribution in [0.1, 0.15) is 16.1 Å². The van der Waals surface area contributed by atoms with Crippen molar-refractivity contribution in [1.29, 1.82) is 0 Å². The number of ether oxygens (including phenoxy) is 2. The predicted octanol–water partition coefficient (Wildman–Crippen LogP) is 2.16. The van der Waals surface area contributed by atoms with Crippen molar-refractivity contribution in [3.8, 4) is 0 Å².